The first-order chi connectivity index (χ1) is 55.4. The zero-order chi connectivity index (χ0) is 73.7. The first kappa shape index (κ1) is 64.5. The molecular weight excluding hydrogens is 1410 g/mol. The topological polar surface area (TPSA) is 155 Å². The van der Waals surface area contributed by atoms with Crippen molar-refractivity contribution in [1.29, 1.82) is 0 Å². The summed E-state index contributed by atoms with van der Waals surface area (Å²) in [5.41, 5.74) is 21.0. The van der Waals surface area contributed by atoms with Crippen LogP contribution in [0.4, 0.5) is 0 Å². The molecule has 0 aliphatic carbocycles. The third kappa shape index (κ3) is 11.3. The average Bonchev–Trinajstić information content (AvgIpc) is 1.60. The van der Waals surface area contributed by atoms with E-state index in [1.807, 2.05) is 164 Å². The lowest BCUT2D eigenvalue weighted by Crippen LogP contribution is -2.00. The third-order valence-electron chi connectivity index (χ3n) is 20.9. The van der Waals surface area contributed by atoms with Crippen LogP contribution < -0.4 is 0 Å². The molecule has 22 aromatic rings. The molecule has 522 valence electrons. The lowest BCUT2D eigenvalue weighted by molar-refractivity contribution is 0.667. The number of nitrogens with zero attached hydrogens (tertiary/aromatic N) is 10. The van der Waals surface area contributed by atoms with E-state index in [-0.39, 0.29) is 0 Å². The van der Waals surface area contributed by atoms with Gasteiger partial charge in [-0.3, -0.25) is 0 Å². The van der Waals surface area contributed by atoms with E-state index in [4.69, 9.17) is 58.7 Å². The first-order valence-corrected chi connectivity index (χ1v) is 38.5. The Balaban J connectivity index is 0.602. The highest BCUT2D eigenvalue weighted by Gasteiger charge is 2.25. The van der Waals surface area contributed by atoms with Gasteiger partial charge in [-0.2, -0.15) is 0 Å². The molecule has 0 fully saturated rings. The van der Waals surface area contributed by atoms with E-state index < -0.39 is 0 Å². The Labute approximate surface area is 648 Å². The number of furan rings is 2. The predicted molar refractivity (Wildman–Crippen MR) is 455 cm³/mol. The lowest BCUT2D eigenvalue weighted by Gasteiger charge is -2.10. The fourth-order valence-corrected chi connectivity index (χ4v) is 17.9. The summed E-state index contributed by atoms with van der Waals surface area (Å²) in [6.07, 6.45) is 0. The second kappa shape index (κ2) is 26.6. The Bertz CT molecular complexity index is 7380. The maximum atomic E-state index is 6.93. The molecule has 8 aromatic heterocycles. The van der Waals surface area contributed by atoms with Crippen LogP contribution in [0.25, 0.3) is 231 Å². The summed E-state index contributed by atoms with van der Waals surface area (Å²) >= 11 is 3.52. The van der Waals surface area contributed by atoms with Gasteiger partial charge in [0.25, 0.3) is 0 Å². The van der Waals surface area contributed by atoms with Crippen molar-refractivity contribution >= 4 is 107 Å². The molecule has 14 heteroatoms. The summed E-state index contributed by atoms with van der Waals surface area (Å²) in [4.78, 5) is 51.8. The molecule has 0 saturated heterocycles. The summed E-state index contributed by atoms with van der Waals surface area (Å²) in [5.74, 6) is 4.91. The molecular formula is C98H56N10O2S2. The zero-order valence-electron chi connectivity index (χ0n) is 59.4. The molecule has 0 N–H and O–H groups in total. The normalized spacial score (nSPS) is 11.8. The van der Waals surface area contributed by atoms with E-state index >= 15 is 0 Å². The van der Waals surface area contributed by atoms with Gasteiger partial charge < -0.3 is 8.83 Å². The summed E-state index contributed by atoms with van der Waals surface area (Å²) in [7, 11) is 0. The molecule has 112 heavy (non-hydrogen) atoms. The van der Waals surface area contributed by atoms with Crippen molar-refractivity contribution < 1.29 is 8.83 Å². The largest absolute Gasteiger partial charge is 0.452 e. The standard InChI is InChI=1S/C98H56N10O2S2/c1-6-23-58(24-7-1)91-99-84(67-35-18-33-65(53-67)70-38-22-44-80-82(70)75-41-21-42-76(90(75)111-80)98-107-95(61-29-12-4-13-30-61)104-96(108-98)62-31-14-5-15-32-62)88-86(102-91)77-55-64(50-52-79(77)110-88)57-45-47-63(48-46-57)92-100-83(87-85(101-92)74-37-16-17-43-78(74)109-87)68-36-19-34-66(54-68)71-39-20-40-73-72-51-49-69(56-81(72)112-89(71)73)97-105-93(59-25-8-2-9-26-59)103-94(106-97)60-27-10-3-11-28-60/h1-56H. The van der Waals surface area contributed by atoms with Gasteiger partial charge >= 0.3 is 0 Å². The van der Waals surface area contributed by atoms with E-state index in [1.165, 1.54) is 10.1 Å². The minimum atomic E-state index is 0.581. The smallest absolute Gasteiger partial charge is 0.180 e. The van der Waals surface area contributed by atoms with E-state index in [1.54, 1.807) is 22.7 Å². The van der Waals surface area contributed by atoms with Gasteiger partial charge in [-0.25, -0.2) is 49.8 Å². The van der Waals surface area contributed by atoms with Gasteiger partial charge in [-0.1, -0.05) is 285 Å². The number of hydrogen-bond donors (Lipinski definition) is 0. The first-order valence-electron chi connectivity index (χ1n) is 36.9. The van der Waals surface area contributed by atoms with Crippen LogP contribution in [-0.2, 0) is 0 Å². The summed E-state index contributed by atoms with van der Waals surface area (Å²) < 4.78 is 18.2. The highest BCUT2D eigenvalue weighted by atomic mass is 32.1. The van der Waals surface area contributed by atoms with E-state index in [0.717, 1.165) is 147 Å². The summed E-state index contributed by atoms with van der Waals surface area (Å²) in [6, 6.07) is 117. The summed E-state index contributed by atoms with van der Waals surface area (Å²) in [6.45, 7) is 0. The number of fused-ring (bicyclic) bond motifs is 12. The number of para-hydroxylation sites is 1. The molecule has 0 aliphatic rings. The highest BCUT2D eigenvalue weighted by molar-refractivity contribution is 7.26. The summed E-state index contributed by atoms with van der Waals surface area (Å²) in [5, 5.41) is 6.40. The van der Waals surface area contributed by atoms with Gasteiger partial charge in [0.05, 0.1) is 0 Å². The molecule has 14 aromatic carbocycles. The molecule has 12 nitrogen and oxygen atoms in total. The molecule has 0 radical (unpaired) electrons. The zero-order valence-corrected chi connectivity index (χ0v) is 61.1. The Hall–Kier alpha value is -14.7. The van der Waals surface area contributed by atoms with Gasteiger partial charge in [0, 0.05) is 107 Å². The average molecular weight is 1470 g/mol. The number of rotatable bonds is 13. The van der Waals surface area contributed by atoms with Crippen LogP contribution in [0.2, 0.25) is 0 Å². The van der Waals surface area contributed by atoms with Crippen molar-refractivity contribution in [3.05, 3.63) is 340 Å². The highest BCUT2D eigenvalue weighted by Crippen LogP contribution is 2.48. The fourth-order valence-electron chi connectivity index (χ4n) is 15.4. The predicted octanol–water partition coefficient (Wildman–Crippen LogP) is 25.8. The van der Waals surface area contributed by atoms with Crippen LogP contribution in [0.1, 0.15) is 0 Å². The van der Waals surface area contributed by atoms with Crippen molar-refractivity contribution in [2.45, 2.75) is 0 Å². The third-order valence-corrected chi connectivity index (χ3v) is 23.3. The van der Waals surface area contributed by atoms with Gasteiger partial charge in [-0.05, 0) is 88.0 Å². The number of hydrogen-bond acceptors (Lipinski definition) is 14. The maximum absolute atomic E-state index is 6.93. The Kier molecular flexibility index (Phi) is 15.3. The molecule has 0 amide bonds. The quantitative estimate of drug-likeness (QED) is 0.108. The van der Waals surface area contributed by atoms with Crippen molar-refractivity contribution in [3.63, 3.8) is 0 Å². The molecule has 0 saturated carbocycles. The number of benzene rings is 14. The van der Waals surface area contributed by atoms with Gasteiger partial charge in [0.15, 0.2) is 57.8 Å². The minimum Gasteiger partial charge on any atom is -0.452 e. The van der Waals surface area contributed by atoms with Crippen LogP contribution in [0, 0.1) is 0 Å². The lowest BCUT2D eigenvalue weighted by atomic mass is 9.96. The van der Waals surface area contributed by atoms with Crippen LogP contribution in [0.3, 0.4) is 0 Å². The molecule has 0 unspecified atom stereocenters. The van der Waals surface area contributed by atoms with Crippen molar-refractivity contribution in [2.75, 3.05) is 0 Å². The van der Waals surface area contributed by atoms with Crippen LogP contribution in [0.5, 0.6) is 0 Å². The van der Waals surface area contributed by atoms with Gasteiger partial charge in [0.1, 0.15) is 33.6 Å². The van der Waals surface area contributed by atoms with Gasteiger partial charge in [-0.15, -0.1) is 22.7 Å². The fraction of sp³-hybridized carbons (Fsp3) is 0. The molecule has 8 heterocycles. The second-order valence-electron chi connectivity index (χ2n) is 27.7. The van der Waals surface area contributed by atoms with Crippen molar-refractivity contribution in [2.24, 2.45) is 0 Å². The molecule has 0 aliphatic heterocycles. The van der Waals surface area contributed by atoms with Crippen LogP contribution >= 0.6 is 22.7 Å². The van der Waals surface area contributed by atoms with Crippen LogP contribution in [0.15, 0.2) is 349 Å². The number of thiophene rings is 2. The van der Waals surface area contributed by atoms with E-state index in [9.17, 15) is 0 Å². The maximum Gasteiger partial charge on any atom is 0.180 e. The SMILES string of the molecule is c1ccc(-c2nc(-c3ccccc3)nc(-c3ccc4c(c3)sc3c(-c5cccc(-c6nc(-c7ccc(-c8ccc9oc%10c(-c%11cccc(-c%12cccc%13sc%14c(-c%15nc(-c%16ccccc%16)nc(-c%16ccccc%16)n%15)cccc%14c%12%13)c%11)nc(-c%11ccccc%11)nc%10c9c8)cc7)nc7c6oc6ccccc67)c5)cccc34)n2)cc1. The van der Waals surface area contributed by atoms with Crippen molar-refractivity contribution in [1.82, 2.24) is 49.8 Å². The second-order valence-corrected chi connectivity index (χ2v) is 29.8. The Morgan fingerprint density at radius 2 is 0.580 bits per heavy atom. The molecule has 0 spiro atoms. The van der Waals surface area contributed by atoms with Crippen LogP contribution in [-0.4, -0.2) is 49.8 Å². The van der Waals surface area contributed by atoms with Crippen molar-refractivity contribution in [3.8, 4) is 147 Å². The monoisotopic (exact) mass is 1470 g/mol. The Morgan fingerprint density at radius 1 is 0.196 bits per heavy atom. The van der Waals surface area contributed by atoms with Gasteiger partial charge in [0.2, 0.25) is 0 Å². The number of aromatic nitrogens is 10. The van der Waals surface area contributed by atoms with E-state index in [0.29, 0.717) is 74.7 Å². The minimum absolute atomic E-state index is 0.581. The molecule has 0 atom stereocenters. The Morgan fingerprint density at radius 3 is 1.16 bits per heavy atom. The van der Waals surface area contributed by atoms with E-state index in [2.05, 4.69) is 176 Å². The molecule has 22 rings (SSSR count). The molecule has 0 bridgehead atoms.